The van der Waals surface area contributed by atoms with Gasteiger partial charge in [0.1, 0.15) is 5.02 Å². The molecule has 0 aliphatic heterocycles. The minimum Gasteiger partial charge on any atom is -0.352 e. The quantitative estimate of drug-likeness (QED) is 0.492. The predicted octanol–water partition coefficient (Wildman–Crippen LogP) is 3.71. The van der Waals surface area contributed by atoms with Gasteiger partial charge in [-0.25, -0.2) is 0 Å². The number of hydrogen-bond donors (Lipinski definition) is 1. The average molecular weight is 325 g/mol. The molecule has 0 unspecified atom stereocenters. The first-order valence-electron chi connectivity index (χ1n) is 5.99. The van der Waals surface area contributed by atoms with Gasteiger partial charge in [-0.3, -0.25) is 14.9 Å². The Bertz CT molecular complexity index is 535. The van der Waals surface area contributed by atoms with Crippen molar-refractivity contribution in [2.45, 2.75) is 25.4 Å². The zero-order valence-electron chi connectivity index (χ0n) is 10.7. The van der Waals surface area contributed by atoms with Crippen molar-refractivity contribution in [3.63, 3.8) is 0 Å². The van der Waals surface area contributed by atoms with Crippen molar-refractivity contribution in [3.8, 4) is 0 Å². The molecule has 5 nitrogen and oxygen atoms in total. The minimum absolute atomic E-state index is 0.0296. The number of carbonyl (C=O) groups excluding carboxylic acids is 1. The molecule has 1 amide bonds. The number of alkyl halides is 3. The number of unbranched alkanes of at least 4 members (excludes halogenated alkanes) is 1. The van der Waals surface area contributed by atoms with E-state index in [1.807, 2.05) is 0 Å². The third-order valence-corrected chi connectivity index (χ3v) is 2.90. The van der Waals surface area contributed by atoms with E-state index in [1.54, 1.807) is 0 Å². The van der Waals surface area contributed by atoms with Gasteiger partial charge >= 0.3 is 6.18 Å². The highest BCUT2D eigenvalue weighted by Crippen LogP contribution is 2.25. The highest BCUT2D eigenvalue weighted by Gasteiger charge is 2.25. The zero-order chi connectivity index (χ0) is 16.0. The lowest BCUT2D eigenvalue weighted by Gasteiger charge is -2.07. The molecular formula is C12H12ClF3N2O3. The van der Waals surface area contributed by atoms with E-state index in [0.717, 1.165) is 6.07 Å². The summed E-state index contributed by atoms with van der Waals surface area (Å²) in [5.74, 6) is -0.596. The molecule has 116 valence electrons. The van der Waals surface area contributed by atoms with Crippen LogP contribution in [0.4, 0.5) is 18.9 Å². The Morgan fingerprint density at radius 2 is 2.00 bits per heavy atom. The molecular weight excluding hydrogens is 313 g/mol. The lowest BCUT2D eigenvalue weighted by Crippen LogP contribution is -2.24. The highest BCUT2D eigenvalue weighted by molar-refractivity contribution is 6.32. The zero-order valence-corrected chi connectivity index (χ0v) is 11.5. The first-order chi connectivity index (χ1) is 9.70. The summed E-state index contributed by atoms with van der Waals surface area (Å²) >= 11 is 5.60. The van der Waals surface area contributed by atoms with Gasteiger partial charge in [-0.2, -0.15) is 13.2 Å². The van der Waals surface area contributed by atoms with Crippen LogP contribution in [0.5, 0.6) is 0 Å². The van der Waals surface area contributed by atoms with Crippen LogP contribution in [0, 0.1) is 10.1 Å². The van der Waals surface area contributed by atoms with Gasteiger partial charge in [-0.05, 0) is 25.0 Å². The van der Waals surface area contributed by atoms with E-state index in [-0.39, 0.29) is 30.0 Å². The monoisotopic (exact) mass is 324 g/mol. The Morgan fingerprint density at radius 1 is 1.33 bits per heavy atom. The summed E-state index contributed by atoms with van der Waals surface area (Å²) in [6.07, 6.45) is -5.04. The first kappa shape index (κ1) is 17.2. The van der Waals surface area contributed by atoms with E-state index in [9.17, 15) is 28.1 Å². The first-order valence-corrected chi connectivity index (χ1v) is 6.37. The molecule has 0 aliphatic rings. The van der Waals surface area contributed by atoms with Crippen LogP contribution >= 0.6 is 11.6 Å². The maximum absolute atomic E-state index is 11.9. The highest BCUT2D eigenvalue weighted by atomic mass is 35.5. The molecule has 9 heteroatoms. The summed E-state index contributed by atoms with van der Waals surface area (Å²) < 4.78 is 35.7. The van der Waals surface area contributed by atoms with Gasteiger partial charge in [0.15, 0.2) is 0 Å². The van der Waals surface area contributed by atoms with Crippen LogP contribution in [0.15, 0.2) is 18.2 Å². The number of amides is 1. The lowest BCUT2D eigenvalue weighted by atomic mass is 10.2. The van der Waals surface area contributed by atoms with Crippen LogP contribution in [-0.2, 0) is 0 Å². The largest absolute Gasteiger partial charge is 0.389 e. The molecule has 1 N–H and O–H groups in total. The van der Waals surface area contributed by atoms with Crippen molar-refractivity contribution in [2.24, 2.45) is 0 Å². The second kappa shape index (κ2) is 7.26. The van der Waals surface area contributed by atoms with Gasteiger partial charge in [0.2, 0.25) is 0 Å². The summed E-state index contributed by atoms with van der Waals surface area (Å²) in [4.78, 5) is 21.6. The number of nitro benzene ring substituents is 1. The van der Waals surface area contributed by atoms with E-state index >= 15 is 0 Å². The standard InChI is InChI=1S/C12H12ClF3N2O3/c13-9-4-3-8(7-10(9)18(20)21)11(19)17-6-2-1-5-12(14,15)16/h3-4,7H,1-2,5-6H2,(H,17,19). The van der Waals surface area contributed by atoms with Crippen molar-refractivity contribution in [2.75, 3.05) is 6.54 Å². The number of nitrogens with zero attached hydrogens (tertiary/aromatic N) is 1. The summed E-state index contributed by atoms with van der Waals surface area (Å²) in [6.45, 7) is 0.0609. The Kier molecular flexibility index (Phi) is 5.95. The van der Waals surface area contributed by atoms with Crippen molar-refractivity contribution >= 4 is 23.2 Å². The lowest BCUT2D eigenvalue weighted by molar-refractivity contribution is -0.384. The van der Waals surface area contributed by atoms with E-state index in [0.29, 0.717) is 0 Å². The van der Waals surface area contributed by atoms with Gasteiger partial charge in [0.25, 0.3) is 11.6 Å². The predicted molar refractivity (Wildman–Crippen MR) is 70.3 cm³/mol. The molecule has 0 spiro atoms. The smallest absolute Gasteiger partial charge is 0.352 e. The molecule has 0 fully saturated rings. The Morgan fingerprint density at radius 3 is 2.57 bits per heavy atom. The Balaban J connectivity index is 2.49. The van der Waals surface area contributed by atoms with Crippen LogP contribution in [0.2, 0.25) is 5.02 Å². The second-order valence-corrected chi connectivity index (χ2v) is 4.66. The van der Waals surface area contributed by atoms with Gasteiger partial charge in [-0.15, -0.1) is 0 Å². The number of benzene rings is 1. The van der Waals surface area contributed by atoms with Crippen LogP contribution in [0.1, 0.15) is 29.6 Å². The third kappa shape index (κ3) is 5.99. The topological polar surface area (TPSA) is 72.2 Å². The molecule has 0 atom stereocenters. The van der Waals surface area contributed by atoms with E-state index < -0.39 is 29.1 Å². The summed E-state index contributed by atoms with van der Waals surface area (Å²) in [5, 5.41) is 13.0. The van der Waals surface area contributed by atoms with Gasteiger partial charge < -0.3 is 5.32 Å². The van der Waals surface area contributed by atoms with Crippen molar-refractivity contribution < 1.29 is 22.9 Å². The number of hydrogen-bond acceptors (Lipinski definition) is 3. The maximum Gasteiger partial charge on any atom is 0.389 e. The fourth-order valence-electron chi connectivity index (χ4n) is 1.55. The van der Waals surface area contributed by atoms with Crippen molar-refractivity contribution in [1.82, 2.24) is 5.32 Å². The number of halogens is 4. The van der Waals surface area contributed by atoms with Crippen molar-refractivity contribution in [1.29, 1.82) is 0 Å². The molecule has 0 radical (unpaired) electrons. The number of carbonyl (C=O) groups is 1. The third-order valence-electron chi connectivity index (χ3n) is 2.58. The second-order valence-electron chi connectivity index (χ2n) is 4.25. The molecule has 0 aromatic heterocycles. The Hall–Kier alpha value is -1.83. The molecule has 0 saturated carbocycles. The fourth-order valence-corrected chi connectivity index (χ4v) is 1.73. The number of nitrogens with one attached hydrogen (secondary N) is 1. The van der Waals surface area contributed by atoms with E-state index in [1.165, 1.54) is 12.1 Å². The minimum atomic E-state index is -4.21. The normalized spacial score (nSPS) is 11.2. The van der Waals surface area contributed by atoms with Gasteiger partial charge in [0.05, 0.1) is 4.92 Å². The van der Waals surface area contributed by atoms with Gasteiger partial charge in [0, 0.05) is 24.6 Å². The number of nitro groups is 1. The summed E-state index contributed by atoms with van der Waals surface area (Å²) in [5.41, 5.74) is -0.372. The average Bonchev–Trinajstić information content (AvgIpc) is 2.36. The summed E-state index contributed by atoms with van der Waals surface area (Å²) in [7, 11) is 0. The SMILES string of the molecule is O=C(NCCCCC(F)(F)F)c1ccc(Cl)c([N+](=O)[O-])c1. The van der Waals surface area contributed by atoms with E-state index in [2.05, 4.69) is 5.32 Å². The van der Waals surface area contributed by atoms with Crippen LogP contribution in [-0.4, -0.2) is 23.6 Å². The van der Waals surface area contributed by atoms with Gasteiger partial charge in [-0.1, -0.05) is 11.6 Å². The molecule has 1 aromatic carbocycles. The van der Waals surface area contributed by atoms with E-state index in [4.69, 9.17) is 11.6 Å². The molecule has 0 bridgehead atoms. The van der Waals surface area contributed by atoms with Crippen molar-refractivity contribution in [3.05, 3.63) is 38.9 Å². The maximum atomic E-state index is 11.9. The number of rotatable bonds is 6. The molecule has 21 heavy (non-hydrogen) atoms. The molecule has 0 saturated heterocycles. The molecule has 0 aliphatic carbocycles. The Labute approximate surface area is 123 Å². The molecule has 1 aromatic rings. The van der Waals surface area contributed by atoms with Crippen LogP contribution in [0.3, 0.4) is 0 Å². The molecule has 1 rings (SSSR count). The van der Waals surface area contributed by atoms with Crippen LogP contribution in [0.25, 0.3) is 0 Å². The van der Waals surface area contributed by atoms with Crippen LogP contribution < -0.4 is 5.32 Å². The molecule has 0 heterocycles. The fraction of sp³-hybridized carbons (Fsp3) is 0.417. The summed E-state index contributed by atoms with van der Waals surface area (Å²) in [6, 6.07) is 3.55.